The third-order valence-electron chi connectivity index (χ3n) is 2.54. The first-order valence-corrected chi connectivity index (χ1v) is 4.88. The summed E-state index contributed by atoms with van der Waals surface area (Å²) in [7, 11) is 1.53. The van der Waals surface area contributed by atoms with Crippen molar-refractivity contribution in [3.63, 3.8) is 0 Å². The Hall–Kier alpha value is -1.82. The monoisotopic (exact) mass is 201 g/mol. The minimum Gasteiger partial charge on any atom is -0.496 e. The number of ether oxygens (including phenoxy) is 1. The maximum absolute atomic E-state index is 11.9. The number of nitriles is 1. The summed E-state index contributed by atoms with van der Waals surface area (Å²) in [6, 6.07) is 6.97. The molecule has 1 aliphatic carbocycles. The Balaban J connectivity index is 2.41. The minimum atomic E-state index is 0.101. The summed E-state index contributed by atoms with van der Waals surface area (Å²) in [5, 5.41) is 8.76. The second kappa shape index (κ2) is 3.74. The van der Waals surface area contributed by atoms with Crippen LogP contribution in [0, 0.1) is 17.2 Å². The highest BCUT2D eigenvalue weighted by molar-refractivity contribution is 6.01. The standard InChI is InChI=1S/C12H11NO2/c1-15-11-5-2-8(7-13)6-10(11)12(14)9-3-4-9/h2,5-6,9H,3-4H2,1H3. The molecule has 3 nitrogen and oxygen atoms in total. The van der Waals surface area contributed by atoms with Crippen molar-refractivity contribution in [2.24, 2.45) is 5.92 Å². The Kier molecular flexibility index (Phi) is 2.42. The SMILES string of the molecule is COc1ccc(C#N)cc1C(=O)C1CC1. The first-order valence-electron chi connectivity index (χ1n) is 4.88. The lowest BCUT2D eigenvalue weighted by molar-refractivity contribution is 0.0964. The molecule has 0 saturated heterocycles. The second-order valence-electron chi connectivity index (χ2n) is 3.67. The van der Waals surface area contributed by atoms with E-state index < -0.39 is 0 Å². The van der Waals surface area contributed by atoms with E-state index in [9.17, 15) is 4.79 Å². The maximum atomic E-state index is 11.9. The van der Waals surface area contributed by atoms with Gasteiger partial charge in [0.05, 0.1) is 24.3 Å². The molecule has 1 aromatic rings. The first kappa shape index (κ1) is 9.72. The lowest BCUT2D eigenvalue weighted by Gasteiger charge is -2.06. The first-order chi connectivity index (χ1) is 7.26. The lowest BCUT2D eigenvalue weighted by atomic mass is 10.0. The number of hydrogen-bond donors (Lipinski definition) is 0. The van der Waals surface area contributed by atoms with E-state index >= 15 is 0 Å². The van der Waals surface area contributed by atoms with Gasteiger partial charge in [0.25, 0.3) is 0 Å². The van der Waals surface area contributed by atoms with Gasteiger partial charge in [0.1, 0.15) is 5.75 Å². The Morgan fingerprint density at radius 1 is 1.53 bits per heavy atom. The molecule has 0 heterocycles. The van der Waals surface area contributed by atoms with Crippen LogP contribution >= 0.6 is 0 Å². The van der Waals surface area contributed by atoms with E-state index in [1.54, 1.807) is 18.2 Å². The third kappa shape index (κ3) is 1.84. The molecule has 1 saturated carbocycles. The van der Waals surface area contributed by atoms with E-state index in [0.717, 1.165) is 12.8 Å². The van der Waals surface area contributed by atoms with Crippen LogP contribution < -0.4 is 4.74 Å². The molecule has 76 valence electrons. The number of Topliss-reactive ketones (excluding diaryl/α,β-unsaturated/α-hetero) is 1. The van der Waals surface area contributed by atoms with Crippen LogP contribution in [-0.4, -0.2) is 12.9 Å². The fraction of sp³-hybridized carbons (Fsp3) is 0.333. The number of rotatable bonds is 3. The molecule has 15 heavy (non-hydrogen) atoms. The van der Waals surface area contributed by atoms with Gasteiger partial charge in [0.2, 0.25) is 0 Å². The molecule has 0 aromatic heterocycles. The summed E-state index contributed by atoms with van der Waals surface area (Å²) in [5.41, 5.74) is 1.04. The van der Waals surface area contributed by atoms with Crippen LogP contribution in [0.25, 0.3) is 0 Å². The zero-order valence-corrected chi connectivity index (χ0v) is 8.49. The van der Waals surface area contributed by atoms with Crippen LogP contribution in [-0.2, 0) is 0 Å². The number of hydrogen-bond acceptors (Lipinski definition) is 3. The normalized spacial score (nSPS) is 14.4. The van der Waals surface area contributed by atoms with E-state index in [4.69, 9.17) is 10.00 Å². The van der Waals surface area contributed by atoms with Crippen LogP contribution in [0.2, 0.25) is 0 Å². The van der Waals surface area contributed by atoms with E-state index in [2.05, 4.69) is 0 Å². The van der Waals surface area contributed by atoms with Gasteiger partial charge >= 0.3 is 0 Å². The predicted octanol–water partition coefficient (Wildman–Crippen LogP) is 2.16. The summed E-state index contributed by atoms with van der Waals surface area (Å²) >= 11 is 0. The predicted molar refractivity (Wildman–Crippen MR) is 54.8 cm³/mol. The molecule has 0 amide bonds. The van der Waals surface area contributed by atoms with Crippen LogP contribution in [0.15, 0.2) is 18.2 Å². The molecule has 2 rings (SSSR count). The van der Waals surface area contributed by atoms with Crippen molar-refractivity contribution in [2.75, 3.05) is 7.11 Å². The highest BCUT2D eigenvalue weighted by Crippen LogP contribution is 2.35. The summed E-state index contributed by atoms with van der Waals surface area (Å²) in [6.07, 6.45) is 1.91. The van der Waals surface area contributed by atoms with Gasteiger partial charge in [-0.25, -0.2) is 0 Å². The van der Waals surface area contributed by atoms with Crippen LogP contribution in [0.3, 0.4) is 0 Å². The molecule has 0 atom stereocenters. The van der Waals surface area contributed by atoms with Crippen molar-refractivity contribution < 1.29 is 9.53 Å². The molecular weight excluding hydrogens is 190 g/mol. The number of benzene rings is 1. The smallest absolute Gasteiger partial charge is 0.169 e. The van der Waals surface area contributed by atoms with Crippen molar-refractivity contribution in [1.82, 2.24) is 0 Å². The van der Waals surface area contributed by atoms with Gasteiger partial charge in [-0.05, 0) is 31.0 Å². The van der Waals surface area contributed by atoms with Crippen molar-refractivity contribution >= 4 is 5.78 Å². The highest BCUT2D eigenvalue weighted by Gasteiger charge is 2.32. The van der Waals surface area contributed by atoms with Gasteiger partial charge in [-0.2, -0.15) is 5.26 Å². The zero-order valence-electron chi connectivity index (χ0n) is 8.49. The highest BCUT2D eigenvalue weighted by atomic mass is 16.5. The molecule has 0 N–H and O–H groups in total. The number of carbonyl (C=O) groups is 1. The van der Waals surface area contributed by atoms with Crippen LogP contribution in [0.1, 0.15) is 28.8 Å². The molecular formula is C12H11NO2. The van der Waals surface area contributed by atoms with Gasteiger partial charge in [0, 0.05) is 5.92 Å². The summed E-state index contributed by atoms with van der Waals surface area (Å²) in [6.45, 7) is 0. The van der Waals surface area contributed by atoms with Crippen molar-refractivity contribution in [3.8, 4) is 11.8 Å². The third-order valence-corrected chi connectivity index (χ3v) is 2.54. The fourth-order valence-corrected chi connectivity index (χ4v) is 1.54. The van der Waals surface area contributed by atoms with Gasteiger partial charge < -0.3 is 4.74 Å². The average molecular weight is 201 g/mol. The van der Waals surface area contributed by atoms with Crippen molar-refractivity contribution in [2.45, 2.75) is 12.8 Å². The van der Waals surface area contributed by atoms with Crippen LogP contribution in [0.4, 0.5) is 0 Å². The van der Waals surface area contributed by atoms with Gasteiger partial charge in [-0.3, -0.25) is 4.79 Å². The van der Waals surface area contributed by atoms with E-state index in [-0.39, 0.29) is 11.7 Å². The van der Waals surface area contributed by atoms with Gasteiger partial charge in [0.15, 0.2) is 5.78 Å². The molecule has 1 aliphatic rings. The summed E-state index contributed by atoms with van der Waals surface area (Å²) in [5.74, 6) is 0.808. The Morgan fingerprint density at radius 3 is 2.80 bits per heavy atom. The topological polar surface area (TPSA) is 50.1 Å². The summed E-state index contributed by atoms with van der Waals surface area (Å²) in [4.78, 5) is 11.9. The zero-order chi connectivity index (χ0) is 10.8. The minimum absolute atomic E-state index is 0.101. The quantitative estimate of drug-likeness (QED) is 0.704. The number of nitrogens with zero attached hydrogens (tertiary/aromatic N) is 1. The molecule has 0 radical (unpaired) electrons. The Bertz CT molecular complexity index is 441. The number of ketones is 1. The molecule has 0 aliphatic heterocycles. The van der Waals surface area contributed by atoms with Gasteiger partial charge in [-0.1, -0.05) is 0 Å². The van der Waals surface area contributed by atoms with Crippen LogP contribution in [0.5, 0.6) is 5.75 Å². The van der Waals surface area contributed by atoms with E-state index in [0.29, 0.717) is 16.9 Å². The molecule has 0 bridgehead atoms. The van der Waals surface area contributed by atoms with Crippen molar-refractivity contribution in [1.29, 1.82) is 5.26 Å². The Morgan fingerprint density at radius 2 is 2.27 bits per heavy atom. The average Bonchev–Trinajstić information content (AvgIpc) is 3.11. The van der Waals surface area contributed by atoms with E-state index in [1.807, 2.05) is 6.07 Å². The van der Waals surface area contributed by atoms with E-state index in [1.165, 1.54) is 7.11 Å². The molecule has 1 fully saturated rings. The molecule has 0 unspecified atom stereocenters. The fourth-order valence-electron chi connectivity index (χ4n) is 1.54. The Labute approximate surface area is 88.3 Å². The van der Waals surface area contributed by atoms with Gasteiger partial charge in [-0.15, -0.1) is 0 Å². The largest absolute Gasteiger partial charge is 0.496 e. The molecule has 0 spiro atoms. The maximum Gasteiger partial charge on any atom is 0.169 e. The lowest BCUT2D eigenvalue weighted by Crippen LogP contribution is -2.04. The molecule has 1 aromatic carbocycles. The van der Waals surface area contributed by atoms with Crippen molar-refractivity contribution in [3.05, 3.63) is 29.3 Å². The number of carbonyl (C=O) groups excluding carboxylic acids is 1. The second-order valence-corrected chi connectivity index (χ2v) is 3.67. The number of methoxy groups -OCH3 is 1. The summed E-state index contributed by atoms with van der Waals surface area (Å²) < 4.78 is 5.11. The molecule has 3 heteroatoms.